The van der Waals surface area contributed by atoms with Crippen LogP contribution in [0.2, 0.25) is 0 Å². The zero-order valence-electron chi connectivity index (χ0n) is 21.0. The monoisotopic (exact) mass is 499 g/mol. The Morgan fingerprint density at radius 3 is 2.54 bits per heavy atom. The summed E-state index contributed by atoms with van der Waals surface area (Å²) in [7, 11) is 1.57. The summed E-state index contributed by atoms with van der Waals surface area (Å²) < 4.78 is 11.7. The number of aliphatic hydroxyl groups is 1. The molecule has 1 aliphatic rings. The van der Waals surface area contributed by atoms with Crippen molar-refractivity contribution in [2.24, 2.45) is 0 Å². The highest BCUT2D eigenvalue weighted by Gasteiger charge is 2.42. The van der Waals surface area contributed by atoms with E-state index in [1.165, 1.54) is 0 Å². The number of fused-ring (bicyclic) bond motifs is 1. The fourth-order valence-electron chi connectivity index (χ4n) is 5.03. The summed E-state index contributed by atoms with van der Waals surface area (Å²) in [6.07, 6.45) is 0. The fraction of sp³-hybridized carbons (Fsp3) is 0.241. The molecule has 1 aromatic heterocycles. The van der Waals surface area contributed by atoms with Crippen LogP contribution in [0.4, 0.5) is 0 Å². The number of β-amino-alcohol motifs (C(OH)–C–C–N with tert-alkyl or cyclic N) is 1. The topological polar surface area (TPSA) is 108 Å². The average Bonchev–Trinajstić information content (AvgIpc) is 3.42. The van der Waals surface area contributed by atoms with Gasteiger partial charge in [-0.15, -0.1) is 0 Å². The number of carbonyl (C=O) groups excluding carboxylic acids is 1. The number of nitrogens with zero attached hydrogens (tertiary/aromatic N) is 2. The maximum atomic E-state index is 13.3. The highest BCUT2D eigenvalue weighted by molar-refractivity contribution is 6.00. The number of phenolic OH excluding ortho intramolecular Hbond substituents is 1. The van der Waals surface area contributed by atoms with Gasteiger partial charge in [0.1, 0.15) is 23.7 Å². The molecule has 0 bridgehead atoms. The molecule has 1 amide bonds. The van der Waals surface area contributed by atoms with E-state index in [4.69, 9.17) is 9.47 Å². The molecule has 0 aliphatic carbocycles. The number of aromatic nitrogens is 2. The molecule has 5 rings (SSSR count). The lowest BCUT2D eigenvalue weighted by Gasteiger charge is -2.26. The van der Waals surface area contributed by atoms with Gasteiger partial charge in [0, 0.05) is 17.7 Å². The van der Waals surface area contributed by atoms with E-state index in [1.54, 1.807) is 18.1 Å². The minimum absolute atomic E-state index is 0.0980. The molecule has 190 valence electrons. The van der Waals surface area contributed by atoms with Crippen molar-refractivity contribution in [2.75, 3.05) is 20.3 Å². The predicted molar refractivity (Wildman–Crippen MR) is 139 cm³/mol. The van der Waals surface area contributed by atoms with E-state index in [0.717, 1.165) is 22.3 Å². The number of H-pyrrole nitrogens is 1. The molecule has 0 spiro atoms. The minimum atomic E-state index is -0.541. The zero-order chi connectivity index (χ0) is 26.1. The van der Waals surface area contributed by atoms with Gasteiger partial charge in [-0.2, -0.15) is 5.10 Å². The number of phenols is 1. The first-order valence-electron chi connectivity index (χ1n) is 12.1. The third-order valence-corrected chi connectivity index (χ3v) is 6.64. The van der Waals surface area contributed by atoms with Gasteiger partial charge in [0.15, 0.2) is 11.5 Å². The lowest BCUT2D eigenvalue weighted by atomic mass is 9.93. The Kier molecular flexibility index (Phi) is 6.58. The number of nitrogens with one attached hydrogen (secondary N) is 1. The van der Waals surface area contributed by atoms with Crippen molar-refractivity contribution >= 4 is 5.91 Å². The molecule has 0 saturated heterocycles. The highest BCUT2D eigenvalue weighted by atomic mass is 16.5. The quantitative estimate of drug-likeness (QED) is 0.329. The van der Waals surface area contributed by atoms with E-state index >= 15 is 0 Å². The van der Waals surface area contributed by atoms with Crippen LogP contribution in [-0.2, 0) is 6.61 Å². The molecule has 2 heterocycles. The number of aromatic amines is 1. The van der Waals surface area contributed by atoms with Crippen molar-refractivity contribution in [1.82, 2.24) is 15.1 Å². The van der Waals surface area contributed by atoms with Crippen molar-refractivity contribution in [3.63, 3.8) is 0 Å². The number of rotatable bonds is 8. The third kappa shape index (κ3) is 4.40. The van der Waals surface area contributed by atoms with Crippen LogP contribution in [0.3, 0.4) is 0 Å². The molecule has 1 unspecified atom stereocenters. The van der Waals surface area contributed by atoms with Gasteiger partial charge in [-0.1, -0.05) is 42.5 Å². The lowest BCUT2D eigenvalue weighted by molar-refractivity contribution is 0.0706. The standard InChI is InChI=1S/C29H29N3O5/c1-17-13-18(2)24(21(34)14-17)26-25-27(31-30-26)29(35)32(11-12-33)28(25)20-9-10-22(23(15-20)36-3)37-16-19-7-5-4-6-8-19/h4-10,13-15,28,33-34H,11-12,16H2,1-3H3,(H,30,31). The predicted octanol–water partition coefficient (Wildman–Crippen LogP) is 4.52. The van der Waals surface area contributed by atoms with Crippen LogP contribution >= 0.6 is 0 Å². The van der Waals surface area contributed by atoms with Crippen molar-refractivity contribution < 1.29 is 24.5 Å². The number of aliphatic hydroxyl groups excluding tert-OH is 1. The SMILES string of the molecule is COc1cc(C2c3c(-c4c(C)cc(C)cc4O)n[nH]c3C(=O)N2CCO)ccc1OCc1ccccc1. The number of benzene rings is 3. The first-order chi connectivity index (χ1) is 17.9. The van der Waals surface area contributed by atoms with E-state index in [2.05, 4.69) is 10.2 Å². The summed E-state index contributed by atoms with van der Waals surface area (Å²) >= 11 is 0. The summed E-state index contributed by atoms with van der Waals surface area (Å²) in [4.78, 5) is 14.9. The Morgan fingerprint density at radius 1 is 1.05 bits per heavy atom. The van der Waals surface area contributed by atoms with Crippen molar-refractivity contribution in [2.45, 2.75) is 26.5 Å². The van der Waals surface area contributed by atoms with E-state index in [1.807, 2.05) is 68.4 Å². The molecule has 8 heteroatoms. The van der Waals surface area contributed by atoms with Gasteiger partial charge in [0.05, 0.1) is 19.8 Å². The second kappa shape index (κ2) is 9.99. The van der Waals surface area contributed by atoms with Crippen LogP contribution in [0.15, 0.2) is 60.7 Å². The zero-order valence-corrected chi connectivity index (χ0v) is 21.0. The normalized spacial score (nSPS) is 14.6. The van der Waals surface area contributed by atoms with Crippen LogP contribution in [0, 0.1) is 13.8 Å². The summed E-state index contributed by atoms with van der Waals surface area (Å²) in [5, 5.41) is 27.9. The van der Waals surface area contributed by atoms with Crippen molar-refractivity contribution in [3.05, 3.63) is 94.2 Å². The molecule has 4 aromatic rings. The van der Waals surface area contributed by atoms with Crippen LogP contribution < -0.4 is 9.47 Å². The highest BCUT2D eigenvalue weighted by Crippen LogP contribution is 2.46. The minimum Gasteiger partial charge on any atom is -0.507 e. The van der Waals surface area contributed by atoms with Gasteiger partial charge >= 0.3 is 0 Å². The van der Waals surface area contributed by atoms with Gasteiger partial charge in [-0.25, -0.2) is 0 Å². The van der Waals surface area contributed by atoms with Crippen LogP contribution in [0.25, 0.3) is 11.3 Å². The number of methoxy groups -OCH3 is 1. The molecular formula is C29H29N3O5. The van der Waals surface area contributed by atoms with Gasteiger partial charge in [-0.3, -0.25) is 9.89 Å². The summed E-state index contributed by atoms with van der Waals surface area (Å²) in [6.45, 7) is 4.15. The maximum absolute atomic E-state index is 13.3. The first kappa shape index (κ1) is 24.4. The van der Waals surface area contributed by atoms with E-state index < -0.39 is 6.04 Å². The Morgan fingerprint density at radius 2 is 1.84 bits per heavy atom. The molecule has 0 radical (unpaired) electrons. The van der Waals surface area contributed by atoms with Crippen LogP contribution in [0.1, 0.15) is 44.3 Å². The largest absolute Gasteiger partial charge is 0.507 e. The number of aryl methyl sites for hydroxylation is 2. The van der Waals surface area contributed by atoms with E-state index in [-0.39, 0.29) is 24.8 Å². The summed E-state index contributed by atoms with van der Waals surface area (Å²) in [6, 6.07) is 18.5. The second-order valence-corrected chi connectivity index (χ2v) is 9.15. The Hall–Kier alpha value is -4.30. The number of hydrogen-bond donors (Lipinski definition) is 3. The number of amides is 1. The first-order valence-corrected chi connectivity index (χ1v) is 12.1. The number of ether oxygens (including phenoxy) is 2. The number of hydrogen-bond acceptors (Lipinski definition) is 6. The molecule has 0 saturated carbocycles. The van der Waals surface area contributed by atoms with Crippen LogP contribution in [-0.4, -0.2) is 51.5 Å². The van der Waals surface area contributed by atoms with Gasteiger partial charge < -0.3 is 24.6 Å². The molecule has 8 nitrogen and oxygen atoms in total. The van der Waals surface area contributed by atoms with Gasteiger partial charge in [0.2, 0.25) is 0 Å². The number of carbonyl (C=O) groups is 1. The average molecular weight is 500 g/mol. The second-order valence-electron chi connectivity index (χ2n) is 9.15. The molecule has 1 aliphatic heterocycles. The van der Waals surface area contributed by atoms with Crippen molar-refractivity contribution in [3.8, 4) is 28.5 Å². The van der Waals surface area contributed by atoms with Gasteiger partial charge in [-0.05, 0) is 54.3 Å². The molecule has 3 aromatic carbocycles. The third-order valence-electron chi connectivity index (χ3n) is 6.64. The molecule has 3 N–H and O–H groups in total. The molecule has 1 atom stereocenters. The Balaban J connectivity index is 1.58. The smallest absolute Gasteiger partial charge is 0.273 e. The van der Waals surface area contributed by atoms with Crippen molar-refractivity contribution in [1.29, 1.82) is 0 Å². The Labute approximate surface area is 215 Å². The lowest BCUT2D eigenvalue weighted by Crippen LogP contribution is -2.32. The van der Waals surface area contributed by atoms with Crippen LogP contribution in [0.5, 0.6) is 17.2 Å². The molecule has 0 fully saturated rings. The van der Waals surface area contributed by atoms with E-state index in [9.17, 15) is 15.0 Å². The molecular weight excluding hydrogens is 470 g/mol. The summed E-state index contributed by atoms with van der Waals surface area (Å²) in [5.41, 5.74) is 5.66. The van der Waals surface area contributed by atoms with E-state index in [0.29, 0.717) is 40.6 Å². The Bertz CT molecular complexity index is 1420. The number of aromatic hydroxyl groups is 1. The van der Waals surface area contributed by atoms with Gasteiger partial charge in [0.25, 0.3) is 5.91 Å². The molecule has 37 heavy (non-hydrogen) atoms. The summed E-state index contributed by atoms with van der Waals surface area (Å²) in [5.74, 6) is 0.937. The maximum Gasteiger partial charge on any atom is 0.273 e. The fourth-order valence-corrected chi connectivity index (χ4v) is 5.03.